The lowest BCUT2D eigenvalue weighted by atomic mass is 10.1. The summed E-state index contributed by atoms with van der Waals surface area (Å²) >= 11 is 2.03. The van der Waals surface area contributed by atoms with Crippen LogP contribution in [-0.4, -0.2) is 58.3 Å². The quantitative estimate of drug-likeness (QED) is 0.258. The third kappa shape index (κ3) is 5.16. The number of carbonyl (C=O) groups excluding carboxylic acids is 2. The number of aromatic nitrogens is 2. The Morgan fingerprint density at radius 2 is 1.97 bits per heavy atom. The molecule has 4 rings (SSSR count). The lowest BCUT2D eigenvalue weighted by molar-refractivity contribution is -0.131. The minimum absolute atomic E-state index is 0.113. The Kier molecular flexibility index (Phi) is 7.67. The lowest BCUT2D eigenvalue weighted by Crippen LogP contribution is -2.41. The number of urea groups is 1. The van der Waals surface area contributed by atoms with Crippen molar-refractivity contribution in [3.8, 4) is 17.0 Å². The van der Waals surface area contributed by atoms with E-state index in [-0.39, 0.29) is 13.2 Å². The number of H-pyrrole nitrogens is 1. The number of nitrogens with one attached hydrogen (secondary N) is 2. The average Bonchev–Trinajstić information content (AvgIpc) is 3.43. The van der Waals surface area contributed by atoms with Crippen molar-refractivity contribution in [3.63, 3.8) is 0 Å². The number of imidazole rings is 1. The summed E-state index contributed by atoms with van der Waals surface area (Å²) in [6, 6.07) is 9.15. The maximum atomic E-state index is 14.5. The smallest absolute Gasteiger partial charge is 0.325 e. The minimum Gasteiger partial charge on any atom is -0.491 e. The molecule has 1 saturated heterocycles. The summed E-state index contributed by atoms with van der Waals surface area (Å²) in [4.78, 5) is 34.9. The van der Waals surface area contributed by atoms with Crippen molar-refractivity contribution in [2.75, 3.05) is 20.3 Å². The van der Waals surface area contributed by atoms with Gasteiger partial charge in [-0.3, -0.25) is 4.79 Å². The van der Waals surface area contributed by atoms with E-state index in [9.17, 15) is 14.0 Å². The van der Waals surface area contributed by atoms with Crippen molar-refractivity contribution in [3.05, 3.63) is 69.4 Å². The van der Waals surface area contributed by atoms with Gasteiger partial charge in [-0.25, -0.2) is 19.1 Å². The number of benzene rings is 2. The number of aliphatic hydroxyl groups is 1. The second-order valence-corrected chi connectivity index (χ2v) is 9.17. The first-order valence-electron chi connectivity index (χ1n) is 10.8. The van der Waals surface area contributed by atoms with Crippen molar-refractivity contribution in [2.45, 2.75) is 25.1 Å². The van der Waals surface area contributed by atoms with Crippen LogP contribution in [-0.2, 0) is 9.53 Å². The number of ether oxygens (including phenoxy) is 2. The highest BCUT2D eigenvalue weighted by atomic mass is 127. The van der Waals surface area contributed by atoms with Crippen LogP contribution in [0.2, 0.25) is 0 Å². The fraction of sp³-hybridized carbons (Fsp3) is 0.292. The summed E-state index contributed by atoms with van der Waals surface area (Å²) in [6.45, 7) is 1.76. The Morgan fingerprint density at radius 1 is 1.23 bits per heavy atom. The zero-order valence-corrected chi connectivity index (χ0v) is 21.2. The summed E-state index contributed by atoms with van der Waals surface area (Å²) in [5.41, 5.74) is 1.32. The normalized spacial score (nSPS) is 17.4. The van der Waals surface area contributed by atoms with Crippen LogP contribution in [0.3, 0.4) is 0 Å². The van der Waals surface area contributed by atoms with Gasteiger partial charge >= 0.3 is 6.03 Å². The fourth-order valence-corrected chi connectivity index (χ4v) is 4.37. The minimum atomic E-state index is -0.899. The predicted molar refractivity (Wildman–Crippen MR) is 133 cm³/mol. The number of aromatic amines is 1. The van der Waals surface area contributed by atoms with Crippen LogP contribution in [0.15, 0.2) is 48.7 Å². The molecule has 1 aliphatic rings. The largest absolute Gasteiger partial charge is 0.491 e. The first kappa shape index (κ1) is 25.1. The summed E-state index contributed by atoms with van der Waals surface area (Å²) in [5.74, 6) is -0.0475. The first-order chi connectivity index (χ1) is 16.8. The van der Waals surface area contributed by atoms with Crippen LogP contribution < -0.4 is 10.1 Å². The van der Waals surface area contributed by atoms with Crippen LogP contribution in [0.1, 0.15) is 30.4 Å². The van der Waals surface area contributed by atoms with Crippen molar-refractivity contribution in [1.29, 1.82) is 0 Å². The number of hydrogen-bond acceptors (Lipinski definition) is 6. The van der Waals surface area contributed by atoms with E-state index in [1.54, 1.807) is 43.3 Å². The highest BCUT2D eigenvalue weighted by Gasteiger charge is 2.46. The number of rotatable bonds is 9. The monoisotopic (exact) mass is 594 g/mol. The third-order valence-corrected chi connectivity index (χ3v) is 6.41. The molecule has 0 saturated carbocycles. The van der Waals surface area contributed by atoms with Gasteiger partial charge in [0.25, 0.3) is 5.91 Å². The summed E-state index contributed by atoms with van der Waals surface area (Å²) in [5, 5.41) is 11.6. The molecule has 3 aromatic rings. The standard InChI is InChI=1S/C24H24FIN4O5/c1-13(34-2)21(22-27-12-19(28-22)17-8-5-15(26)11-18(17)25)30-23(32)20(29-24(30)33)14-3-6-16(7-4-14)35-10-9-31/h3-8,11-13,20-21,31H,9-10H2,1-2H3,(H,27,28)(H,29,33)/t13-,20-,21+/m1/s1. The van der Waals surface area contributed by atoms with Crippen LogP contribution in [0.4, 0.5) is 9.18 Å². The van der Waals surface area contributed by atoms with Crippen LogP contribution in [0.5, 0.6) is 5.75 Å². The van der Waals surface area contributed by atoms with E-state index in [4.69, 9.17) is 14.6 Å². The molecule has 11 heteroatoms. The number of carbonyl (C=O) groups is 2. The highest BCUT2D eigenvalue weighted by molar-refractivity contribution is 14.1. The molecule has 3 amide bonds. The number of imide groups is 1. The number of aliphatic hydroxyl groups excluding tert-OH is 1. The Balaban J connectivity index is 1.62. The molecule has 1 aliphatic heterocycles. The Bertz CT molecular complexity index is 1220. The van der Waals surface area contributed by atoms with Crippen molar-refractivity contribution in [2.24, 2.45) is 0 Å². The van der Waals surface area contributed by atoms with Gasteiger partial charge < -0.3 is 24.9 Å². The molecule has 0 spiro atoms. The molecule has 35 heavy (non-hydrogen) atoms. The molecule has 184 valence electrons. The van der Waals surface area contributed by atoms with E-state index in [1.807, 2.05) is 22.6 Å². The van der Waals surface area contributed by atoms with Gasteiger partial charge in [0, 0.05) is 16.2 Å². The maximum Gasteiger partial charge on any atom is 0.325 e. The van der Waals surface area contributed by atoms with E-state index < -0.39 is 35.9 Å². The molecular formula is C24H24FIN4O5. The van der Waals surface area contributed by atoms with Gasteiger partial charge in [-0.05, 0) is 65.4 Å². The van der Waals surface area contributed by atoms with Gasteiger partial charge in [0.15, 0.2) is 0 Å². The van der Waals surface area contributed by atoms with Gasteiger partial charge in [0.2, 0.25) is 0 Å². The molecule has 0 aliphatic carbocycles. The molecule has 3 N–H and O–H groups in total. The zero-order valence-electron chi connectivity index (χ0n) is 19.0. The van der Waals surface area contributed by atoms with Gasteiger partial charge in [0.1, 0.15) is 36.1 Å². The number of halogens is 2. The molecule has 2 aromatic carbocycles. The zero-order chi connectivity index (χ0) is 25.1. The topological polar surface area (TPSA) is 117 Å². The average molecular weight is 594 g/mol. The number of amides is 3. The number of hydrogen-bond donors (Lipinski definition) is 3. The lowest BCUT2D eigenvalue weighted by Gasteiger charge is -2.28. The molecule has 2 heterocycles. The summed E-state index contributed by atoms with van der Waals surface area (Å²) < 4.78 is 26.1. The molecule has 1 aromatic heterocycles. The van der Waals surface area contributed by atoms with E-state index in [0.717, 1.165) is 8.47 Å². The third-order valence-electron chi connectivity index (χ3n) is 5.74. The fourth-order valence-electron chi connectivity index (χ4n) is 3.92. The van der Waals surface area contributed by atoms with E-state index >= 15 is 0 Å². The molecule has 3 atom stereocenters. The number of nitrogens with zero attached hydrogens (tertiary/aromatic N) is 2. The van der Waals surface area contributed by atoms with Crippen molar-refractivity contribution < 1.29 is 28.6 Å². The molecule has 0 bridgehead atoms. The van der Waals surface area contributed by atoms with Gasteiger partial charge in [-0.1, -0.05) is 12.1 Å². The Morgan fingerprint density at radius 3 is 2.63 bits per heavy atom. The molecule has 0 radical (unpaired) electrons. The van der Waals surface area contributed by atoms with Crippen LogP contribution in [0, 0.1) is 9.39 Å². The predicted octanol–water partition coefficient (Wildman–Crippen LogP) is 3.56. The molecule has 9 nitrogen and oxygen atoms in total. The second-order valence-electron chi connectivity index (χ2n) is 7.92. The Labute approximate surface area is 214 Å². The van der Waals surface area contributed by atoms with Gasteiger partial charge in [-0.2, -0.15) is 0 Å². The van der Waals surface area contributed by atoms with E-state index in [1.165, 1.54) is 19.4 Å². The van der Waals surface area contributed by atoms with Crippen LogP contribution >= 0.6 is 22.6 Å². The van der Waals surface area contributed by atoms with Crippen molar-refractivity contribution >= 4 is 34.5 Å². The second kappa shape index (κ2) is 10.7. The maximum absolute atomic E-state index is 14.5. The van der Waals surface area contributed by atoms with Gasteiger partial charge in [-0.15, -0.1) is 0 Å². The SMILES string of the molecule is CO[C@H](C)[C@@H](c1ncc(-c2ccc(I)cc2F)[nH]1)N1C(=O)N[C@H](c2ccc(OCCO)cc2)C1=O. The highest BCUT2D eigenvalue weighted by Crippen LogP contribution is 2.34. The molecule has 1 fully saturated rings. The summed E-state index contributed by atoms with van der Waals surface area (Å²) in [6.07, 6.45) is 0.870. The molecule has 0 unspecified atom stereocenters. The van der Waals surface area contributed by atoms with Gasteiger partial charge in [0.05, 0.1) is 24.6 Å². The first-order valence-corrected chi connectivity index (χ1v) is 11.9. The van der Waals surface area contributed by atoms with E-state index in [0.29, 0.717) is 28.4 Å². The van der Waals surface area contributed by atoms with Crippen LogP contribution in [0.25, 0.3) is 11.3 Å². The summed E-state index contributed by atoms with van der Waals surface area (Å²) in [7, 11) is 1.47. The van der Waals surface area contributed by atoms with E-state index in [2.05, 4.69) is 15.3 Å². The number of methoxy groups -OCH3 is 1. The van der Waals surface area contributed by atoms with Crippen molar-refractivity contribution in [1.82, 2.24) is 20.2 Å². The Hall–Kier alpha value is -3.03. The molecular weight excluding hydrogens is 570 g/mol.